The summed E-state index contributed by atoms with van der Waals surface area (Å²) in [7, 11) is -3.35. The third-order valence-electron chi connectivity index (χ3n) is 3.08. The van der Waals surface area contributed by atoms with Crippen molar-refractivity contribution in [2.75, 3.05) is 11.9 Å². The van der Waals surface area contributed by atoms with Crippen LogP contribution in [0.1, 0.15) is 26.2 Å². The molecule has 0 radical (unpaired) electrons. The lowest BCUT2D eigenvalue weighted by atomic mass is 10.2. The summed E-state index contributed by atoms with van der Waals surface area (Å²) in [6.07, 6.45) is 2.76. The second-order valence-corrected chi connectivity index (χ2v) is 6.76. The van der Waals surface area contributed by atoms with E-state index in [1.807, 2.05) is 6.92 Å². The van der Waals surface area contributed by atoms with Crippen molar-refractivity contribution in [2.45, 2.75) is 43.2 Å². The van der Waals surface area contributed by atoms with Gasteiger partial charge in [-0.25, -0.2) is 13.1 Å². The topological polar surface area (TPSA) is 84.2 Å². The van der Waals surface area contributed by atoms with Crippen LogP contribution in [0.2, 0.25) is 0 Å². The molecule has 1 unspecified atom stereocenters. The molecular formula is C13H21N3O2S. The van der Waals surface area contributed by atoms with Crippen molar-refractivity contribution >= 4 is 15.7 Å². The minimum absolute atomic E-state index is 0.132. The molecule has 0 aliphatic heterocycles. The lowest BCUT2D eigenvalue weighted by Crippen LogP contribution is -2.25. The van der Waals surface area contributed by atoms with Gasteiger partial charge < -0.3 is 11.1 Å². The van der Waals surface area contributed by atoms with Gasteiger partial charge in [0.25, 0.3) is 0 Å². The predicted molar refractivity (Wildman–Crippen MR) is 76.5 cm³/mol. The van der Waals surface area contributed by atoms with Gasteiger partial charge in [0, 0.05) is 17.8 Å². The maximum Gasteiger partial charge on any atom is 0.240 e. The summed E-state index contributed by atoms with van der Waals surface area (Å²) in [4.78, 5) is 0.316. The van der Waals surface area contributed by atoms with Crippen LogP contribution in [0.4, 0.5) is 5.69 Å². The van der Waals surface area contributed by atoms with E-state index in [0.29, 0.717) is 11.4 Å². The highest BCUT2D eigenvalue weighted by atomic mass is 32.2. The molecule has 1 fully saturated rings. The summed E-state index contributed by atoms with van der Waals surface area (Å²) in [5.74, 6) is 0. The summed E-state index contributed by atoms with van der Waals surface area (Å²) in [5, 5.41) is 3.28. The largest absolute Gasteiger partial charge is 0.383 e. The summed E-state index contributed by atoms with van der Waals surface area (Å²) < 4.78 is 26.6. The molecule has 1 aromatic carbocycles. The first-order valence-electron chi connectivity index (χ1n) is 6.60. The average Bonchev–Trinajstić information content (AvgIpc) is 3.13. The highest BCUT2D eigenvalue weighted by Crippen LogP contribution is 2.22. The minimum Gasteiger partial charge on any atom is -0.383 e. The molecule has 106 valence electrons. The number of rotatable bonds is 7. The van der Waals surface area contributed by atoms with E-state index < -0.39 is 10.0 Å². The standard InChI is InChI=1S/C13H21N3O2S/c1-10(8-9-14)15-11-4-6-13(7-5-11)19(17,18)16-12-2-3-12/h4-7,10,12,15-16H,2-3,8-9,14H2,1H3. The molecule has 0 saturated heterocycles. The second-order valence-electron chi connectivity index (χ2n) is 5.04. The zero-order valence-corrected chi connectivity index (χ0v) is 11.9. The van der Waals surface area contributed by atoms with Gasteiger partial charge in [-0.3, -0.25) is 0 Å². The lowest BCUT2D eigenvalue weighted by Gasteiger charge is -2.14. The van der Waals surface area contributed by atoms with Gasteiger partial charge in [-0.2, -0.15) is 0 Å². The molecule has 1 saturated carbocycles. The molecule has 5 nitrogen and oxygen atoms in total. The average molecular weight is 283 g/mol. The minimum atomic E-state index is -3.35. The monoisotopic (exact) mass is 283 g/mol. The highest BCUT2D eigenvalue weighted by molar-refractivity contribution is 7.89. The van der Waals surface area contributed by atoms with E-state index in [9.17, 15) is 8.42 Å². The third kappa shape index (κ3) is 4.19. The fraction of sp³-hybridized carbons (Fsp3) is 0.538. The molecular weight excluding hydrogens is 262 g/mol. The predicted octanol–water partition coefficient (Wildman–Crippen LogP) is 1.28. The zero-order valence-electron chi connectivity index (χ0n) is 11.1. The van der Waals surface area contributed by atoms with Crippen LogP contribution in [-0.2, 0) is 10.0 Å². The van der Waals surface area contributed by atoms with E-state index >= 15 is 0 Å². The first-order valence-corrected chi connectivity index (χ1v) is 8.08. The van der Waals surface area contributed by atoms with Gasteiger partial charge in [0.2, 0.25) is 10.0 Å². The van der Waals surface area contributed by atoms with Crippen molar-refractivity contribution in [3.63, 3.8) is 0 Å². The van der Waals surface area contributed by atoms with Gasteiger partial charge in [-0.1, -0.05) is 0 Å². The van der Waals surface area contributed by atoms with Crippen LogP contribution >= 0.6 is 0 Å². The lowest BCUT2D eigenvalue weighted by molar-refractivity contribution is 0.581. The summed E-state index contributed by atoms with van der Waals surface area (Å²) in [5.41, 5.74) is 6.40. The van der Waals surface area contributed by atoms with Crippen LogP contribution < -0.4 is 15.8 Å². The van der Waals surface area contributed by atoms with Crippen molar-refractivity contribution in [3.8, 4) is 0 Å². The maximum atomic E-state index is 12.0. The molecule has 0 bridgehead atoms. The van der Waals surface area contributed by atoms with E-state index in [-0.39, 0.29) is 12.1 Å². The number of hydrogen-bond donors (Lipinski definition) is 3. The Morgan fingerprint density at radius 3 is 2.47 bits per heavy atom. The van der Waals surface area contributed by atoms with Gasteiger partial charge >= 0.3 is 0 Å². The van der Waals surface area contributed by atoms with Crippen LogP contribution in [0.25, 0.3) is 0 Å². The van der Waals surface area contributed by atoms with Gasteiger partial charge in [0.1, 0.15) is 0 Å². The first kappa shape index (κ1) is 14.3. The number of nitrogens with one attached hydrogen (secondary N) is 2. The summed E-state index contributed by atoms with van der Waals surface area (Å²) in [6, 6.07) is 7.23. The molecule has 19 heavy (non-hydrogen) atoms. The van der Waals surface area contributed by atoms with Gasteiger partial charge in [-0.15, -0.1) is 0 Å². The third-order valence-corrected chi connectivity index (χ3v) is 4.61. The normalized spacial score (nSPS) is 17.2. The number of hydrogen-bond acceptors (Lipinski definition) is 4. The summed E-state index contributed by atoms with van der Waals surface area (Å²) >= 11 is 0. The van der Waals surface area contributed by atoms with Crippen LogP contribution in [0, 0.1) is 0 Å². The number of anilines is 1. The SMILES string of the molecule is CC(CCN)Nc1ccc(S(=O)(=O)NC2CC2)cc1. The van der Waals surface area contributed by atoms with Crippen LogP contribution in [0.3, 0.4) is 0 Å². The van der Waals surface area contributed by atoms with E-state index in [1.54, 1.807) is 24.3 Å². The van der Waals surface area contributed by atoms with Gasteiger partial charge in [0.05, 0.1) is 4.90 Å². The Morgan fingerprint density at radius 1 is 1.32 bits per heavy atom. The Labute approximate surface area is 114 Å². The molecule has 1 aliphatic rings. The Kier molecular flexibility index (Phi) is 4.44. The fourth-order valence-electron chi connectivity index (χ4n) is 1.83. The van der Waals surface area contributed by atoms with Gasteiger partial charge in [-0.05, 0) is 57.0 Å². The zero-order chi connectivity index (χ0) is 13.9. The molecule has 0 aromatic heterocycles. The molecule has 2 rings (SSSR count). The smallest absolute Gasteiger partial charge is 0.240 e. The second kappa shape index (κ2) is 5.90. The Bertz CT molecular complexity index is 509. The van der Waals surface area contributed by atoms with Crippen molar-refractivity contribution in [1.82, 2.24) is 4.72 Å². The Hall–Kier alpha value is -1.11. The molecule has 1 aliphatic carbocycles. The first-order chi connectivity index (χ1) is 9.01. The van der Waals surface area contributed by atoms with Crippen LogP contribution in [0.5, 0.6) is 0 Å². The Balaban J connectivity index is 2.01. The molecule has 0 amide bonds. The van der Waals surface area contributed by atoms with Gasteiger partial charge in [0.15, 0.2) is 0 Å². The number of benzene rings is 1. The van der Waals surface area contributed by atoms with Crippen molar-refractivity contribution in [1.29, 1.82) is 0 Å². The van der Waals surface area contributed by atoms with Crippen molar-refractivity contribution in [2.24, 2.45) is 5.73 Å². The van der Waals surface area contributed by atoms with E-state index in [4.69, 9.17) is 5.73 Å². The highest BCUT2D eigenvalue weighted by Gasteiger charge is 2.27. The van der Waals surface area contributed by atoms with Crippen molar-refractivity contribution < 1.29 is 8.42 Å². The molecule has 1 atom stereocenters. The summed E-state index contributed by atoms with van der Waals surface area (Å²) in [6.45, 7) is 2.68. The molecule has 1 aromatic rings. The van der Waals surface area contributed by atoms with E-state index in [0.717, 1.165) is 24.9 Å². The fourth-order valence-corrected chi connectivity index (χ4v) is 3.13. The van der Waals surface area contributed by atoms with Crippen LogP contribution in [-0.4, -0.2) is 27.0 Å². The molecule has 4 N–H and O–H groups in total. The van der Waals surface area contributed by atoms with E-state index in [2.05, 4.69) is 10.0 Å². The molecule has 6 heteroatoms. The number of nitrogens with two attached hydrogens (primary N) is 1. The quantitative estimate of drug-likeness (QED) is 0.704. The molecule has 0 heterocycles. The number of sulfonamides is 1. The van der Waals surface area contributed by atoms with Crippen molar-refractivity contribution in [3.05, 3.63) is 24.3 Å². The maximum absolute atomic E-state index is 12.0. The van der Waals surface area contributed by atoms with E-state index in [1.165, 1.54) is 0 Å². The Morgan fingerprint density at radius 2 is 1.95 bits per heavy atom. The molecule has 0 spiro atoms. The van der Waals surface area contributed by atoms with Crippen LogP contribution in [0.15, 0.2) is 29.2 Å².